The topological polar surface area (TPSA) is 84.9 Å². The van der Waals surface area contributed by atoms with Crippen LogP contribution in [0.2, 0.25) is 0 Å². The van der Waals surface area contributed by atoms with Gasteiger partial charge in [0.15, 0.2) is 13.2 Å². The van der Waals surface area contributed by atoms with Crippen LogP contribution < -0.4 is 10.1 Å². The Kier molecular flexibility index (Phi) is 7.92. The van der Waals surface area contributed by atoms with Crippen molar-refractivity contribution in [3.63, 3.8) is 0 Å². The molecule has 1 unspecified atom stereocenters. The number of nitrogens with one attached hydrogen (secondary N) is 1. The summed E-state index contributed by atoms with van der Waals surface area (Å²) in [6.45, 7) is 1.99. The summed E-state index contributed by atoms with van der Waals surface area (Å²) in [5, 5.41) is 2.41. The highest BCUT2D eigenvalue weighted by molar-refractivity contribution is 5.85. The SMILES string of the molecule is CCC1CCCCN1C(=O)COC(=O)CNC(=O)COc1ccccc1. The zero-order valence-corrected chi connectivity index (χ0v) is 15.1. The molecule has 1 atom stereocenters. The van der Waals surface area contributed by atoms with E-state index in [4.69, 9.17) is 9.47 Å². The minimum atomic E-state index is -0.642. The molecule has 26 heavy (non-hydrogen) atoms. The summed E-state index contributed by atoms with van der Waals surface area (Å²) in [4.78, 5) is 37.4. The number of para-hydroxylation sites is 1. The molecule has 1 aliphatic heterocycles. The van der Waals surface area contributed by atoms with E-state index in [9.17, 15) is 14.4 Å². The van der Waals surface area contributed by atoms with Crippen molar-refractivity contribution in [3.05, 3.63) is 30.3 Å². The Bertz CT molecular complexity index is 605. The number of hydrogen-bond donors (Lipinski definition) is 1. The number of amides is 2. The van der Waals surface area contributed by atoms with E-state index in [1.165, 1.54) is 0 Å². The highest BCUT2D eigenvalue weighted by Gasteiger charge is 2.25. The van der Waals surface area contributed by atoms with Crippen molar-refractivity contribution in [2.45, 2.75) is 38.6 Å². The Labute approximate surface area is 153 Å². The van der Waals surface area contributed by atoms with Gasteiger partial charge in [-0.15, -0.1) is 0 Å². The van der Waals surface area contributed by atoms with E-state index in [-0.39, 0.29) is 31.7 Å². The molecule has 1 aromatic rings. The smallest absolute Gasteiger partial charge is 0.325 e. The molecule has 0 saturated carbocycles. The minimum Gasteiger partial charge on any atom is -0.484 e. The van der Waals surface area contributed by atoms with Crippen LogP contribution >= 0.6 is 0 Å². The zero-order chi connectivity index (χ0) is 18.8. The predicted octanol–water partition coefficient (Wildman–Crippen LogP) is 1.52. The first-order valence-electron chi connectivity index (χ1n) is 8.99. The lowest BCUT2D eigenvalue weighted by atomic mass is 10.00. The average molecular weight is 362 g/mol. The van der Waals surface area contributed by atoms with E-state index in [1.807, 2.05) is 6.07 Å². The molecule has 0 radical (unpaired) electrons. The van der Waals surface area contributed by atoms with Gasteiger partial charge in [0.2, 0.25) is 0 Å². The molecular formula is C19H26N2O5. The maximum atomic E-state index is 12.2. The average Bonchev–Trinajstić information content (AvgIpc) is 2.69. The van der Waals surface area contributed by atoms with Crippen molar-refractivity contribution in [2.75, 3.05) is 26.3 Å². The second kappa shape index (κ2) is 10.4. The number of nitrogens with zero attached hydrogens (tertiary/aromatic N) is 1. The third kappa shape index (κ3) is 6.38. The van der Waals surface area contributed by atoms with E-state index < -0.39 is 11.9 Å². The Morgan fingerprint density at radius 1 is 1.15 bits per heavy atom. The number of likely N-dealkylation sites (tertiary alicyclic amines) is 1. The highest BCUT2D eigenvalue weighted by Crippen LogP contribution is 2.19. The van der Waals surface area contributed by atoms with Crippen LogP contribution in [0, 0.1) is 0 Å². The van der Waals surface area contributed by atoms with Gasteiger partial charge in [-0.2, -0.15) is 0 Å². The van der Waals surface area contributed by atoms with Crippen molar-refractivity contribution in [2.24, 2.45) is 0 Å². The van der Waals surface area contributed by atoms with E-state index in [2.05, 4.69) is 12.2 Å². The molecule has 0 bridgehead atoms. The number of carbonyl (C=O) groups excluding carboxylic acids is 3. The van der Waals surface area contributed by atoms with Crippen molar-refractivity contribution < 1.29 is 23.9 Å². The molecule has 2 rings (SSSR count). The molecule has 1 N–H and O–H groups in total. The summed E-state index contributed by atoms with van der Waals surface area (Å²) in [7, 11) is 0. The van der Waals surface area contributed by atoms with Gasteiger partial charge in [-0.1, -0.05) is 25.1 Å². The number of benzene rings is 1. The fourth-order valence-electron chi connectivity index (χ4n) is 2.92. The monoisotopic (exact) mass is 362 g/mol. The summed E-state index contributed by atoms with van der Waals surface area (Å²) in [6, 6.07) is 9.13. The molecule has 142 valence electrons. The van der Waals surface area contributed by atoms with Crippen LogP contribution in [0.15, 0.2) is 30.3 Å². The lowest BCUT2D eigenvalue weighted by Gasteiger charge is -2.35. The maximum Gasteiger partial charge on any atom is 0.325 e. The summed E-state index contributed by atoms with van der Waals surface area (Å²) in [6.07, 6.45) is 4.00. The van der Waals surface area contributed by atoms with Gasteiger partial charge in [0.05, 0.1) is 0 Å². The van der Waals surface area contributed by atoms with E-state index >= 15 is 0 Å². The number of rotatable bonds is 8. The quantitative estimate of drug-likeness (QED) is 0.709. The first-order chi connectivity index (χ1) is 12.6. The molecule has 0 aliphatic carbocycles. The summed E-state index contributed by atoms with van der Waals surface area (Å²) >= 11 is 0. The second-order valence-electron chi connectivity index (χ2n) is 6.18. The molecule has 0 aromatic heterocycles. The Balaban J connectivity index is 1.63. The highest BCUT2D eigenvalue weighted by atomic mass is 16.5. The third-order valence-electron chi connectivity index (χ3n) is 4.32. The lowest BCUT2D eigenvalue weighted by Crippen LogP contribution is -2.45. The van der Waals surface area contributed by atoms with Crippen LogP contribution in [-0.4, -0.2) is 55.0 Å². The van der Waals surface area contributed by atoms with Gasteiger partial charge in [-0.25, -0.2) is 0 Å². The van der Waals surface area contributed by atoms with Gasteiger partial charge in [-0.3, -0.25) is 14.4 Å². The van der Waals surface area contributed by atoms with Crippen molar-refractivity contribution >= 4 is 17.8 Å². The Morgan fingerprint density at radius 2 is 1.92 bits per heavy atom. The molecule has 7 heteroatoms. The number of esters is 1. The first kappa shape index (κ1) is 19.8. The largest absolute Gasteiger partial charge is 0.484 e. The molecule has 1 aliphatic rings. The fraction of sp³-hybridized carbons (Fsp3) is 0.526. The standard InChI is InChI=1S/C19H26N2O5/c1-2-15-8-6-7-11-21(15)18(23)14-26-19(24)12-20-17(22)13-25-16-9-4-3-5-10-16/h3-5,9-10,15H,2,6-8,11-14H2,1H3,(H,20,22). The number of carbonyl (C=O) groups is 3. The van der Waals surface area contributed by atoms with Crippen LogP contribution in [-0.2, 0) is 19.1 Å². The maximum absolute atomic E-state index is 12.2. The van der Waals surface area contributed by atoms with Crippen LogP contribution in [0.4, 0.5) is 0 Å². The van der Waals surface area contributed by atoms with Gasteiger partial charge in [0, 0.05) is 12.6 Å². The van der Waals surface area contributed by atoms with Gasteiger partial charge in [-0.05, 0) is 37.8 Å². The van der Waals surface area contributed by atoms with Crippen LogP contribution in [0.3, 0.4) is 0 Å². The molecule has 0 spiro atoms. The number of piperidine rings is 1. The molecule has 1 aromatic carbocycles. The number of hydrogen-bond acceptors (Lipinski definition) is 5. The van der Waals surface area contributed by atoms with Crippen molar-refractivity contribution in [1.82, 2.24) is 10.2 Å². The van der Waals surface area contributed by atoms with Crippen molar-refractivity contribution in [3.8, 4) is 5.75 Å². The Morgan fingerprint density at radius 3 is 2.65 bits per heavy atom. The summed E-state index contributed by atoms with van der Waals surface area (Å²) < 4.78 is 10.3. The molecular weight excluding hydrogens is 336 g/mol. The molecule has 1 fully saturated rings. The summed E-state index contributed by atoms with van der Waals surface area (Å²) in [5.41, 5.74) is 0. The summed E-state index contributed by atoms with van der Waals surface area (Å²) in [5.74, 6) is -0.679. The van der Waals surface area contributed by atoms with E-state index in [0.717, 1.165) is 25.7 Å². The zero-order valence-electron chi connectivity index (χ0n) is 15.1. The van der Waals surface area contributed by atoms with Crippen molar-refractivity contribution in [1.29, 1.82) is 0 Å². The van der Waals surface area contributed by atoms with E-state index in [1.54, 1.807) is 29.2 Å². The molecule has 7 nitrogen and oxygen atoms in total. The van der Waals surface area contributed by atoms with Gasteiger partial charge < -0.3 is 19.7 Å². The number of ether oxygens (including phenoxy) is 2. The first-order valence-corrected chi connectivity index (χ1v) is 8.99. The van der Waals surface area contributed by atoms with Crippen LogP contribution in [0.5, 0.6) is 5.75 Å². The van der Waals surface area contributed by atoms with Gasteiger partial charge in [0.1, 0.15) is 12.3 Å². The lowest BCUT2D eigenvalue weighted by molar-refractivity contribution is -0.153. The third-order valence-corrected chi connectivity index (χ3v) is 4.32. The Hall–Kier alpha value is -2.57. The minimum absolute atomic E-state index is 0.177. The normalized spacial score (nSPS) is 16.7. The second-order valence-corrected chi connectivity index (χ2v) is 6.18. The fourth-order valence-corrected chi connectivity index (χ4v) is 2.92. The van der Waals surface area contributed by atoms with Gasteiger partial charge >= 0.3 is 5.97 Å². The van der Waals surface area contributed by atoms with E-state index in [0.29, 0.717) is 12.3 Å². The predicted molar refractivity (Wildman–Crippen MR) is 95.5 cm³/mol. The van der Waals surface area contributed by atoms with Crippen LogP contribution in [0.1, 0.15) is 32.6 Å². The molecule has 1 heterocycles. The molecule has 2 amide bonds. The van der Waals surface area contributed by atoms with Gasteiger partial charge in [0.25, 0.3) is 11.8 Å². The van der Waals surface area contributed by atoms with Crippen LogP contribution in [0.25, 0.3) is 0 Å². The molecule has 1 saturated heterocycles.